The molecule has 0 spiro atoms. The summed E-state index contributed by atoms with van der Waals surface area (Å²) in [4.78, 5) is 38.8. The molecule has 31 heavy (non-hydrogen) atoms. The van der Waals surface area contributed by atoms with Gasteiger partial charge in [0.25, 0.3) is 11.6 Å². The van der Waals surface area contributed by atoms with Crippen molar-refractivity contribution in [1.82, 2.24) is 10.2 Å². The lowest BCUT2D eigenvalue weighted by molar-refractivity contribution is -0.384. The van der Waals surface area contributed by atoms with Crippen molar-refractivity contribution in [3.8, 4) is 0 Å². The van der Waals surface area contributed by atoms with E-state index in [2.05, 4.69) is 22.5 Å². The lowest BCUT2D eigenvalue weighted by Gasteiger charge is -2.36. The third-order valence-electron chi connectivity index (χ3n) is 5.20. The Morgan fingerprint density at radius 3 is 2.23 bits per heavy atom. The predicted molar refractivity (Wildman–Crippen MR) is 120 cm³/mol. The van der Waals surface area contributed by atoms with Crippen molar-refractivity contribution < 1.29 is 14.5 Å². The van der Waals surface area contributed by atoms with Gasteiger partial charge in [-0.2, -0.15) is 0 Å². The Kier molecular flexibility index (Phi) is 7.42. The van der Waals surface area contributed by atoms with Gasteiger partial charge in [0, 0.05) is 61.8 Å². The van der Waals surface area contributed by atoms with Crippen LogP contribution in [0.1, 0.15) is 30.1 Å². The van der Waals surface area contributed by atoms with Gasteiger partial charge in [-0.05, 0) is 42.8 Å². The van der Waals surface area contributed by atoms with Crippen molar-refractivity contribution in [3.05, 3.63) is 64.2 Å². The number of nitro groups is 1. The predicted octanol–water partition coefficient (Wildman–Crippen LogP) is 3.48. The second-order valence-electron chi connectivity index (χ2n) is 7.36. The number of carbonyl (C=O) groups is 2. The third kappa shape index (κ3) is 5.94. The van der Waals surface area contributed by atoms with Crippen molar-refractivity contribution >= 4 is 29.0 Å². The number of unbranched alkanes of at least 4 members (excludes halogenated alkanes) is 1. The fraction of sp³-hybridized carbons (Fsp3) is 0.364. The highest BCUT2D eigenvalue weighted by atomic mass is 16.6. The van der Waals surface area contributed by atoms with Crippen LogP contribution in [0.25, 0.3) is 0 Å². The molecule has 0 radical (unpaired) electrons. The number of nitrogens with zero attached hydrogens (tertiary/aromatic N) is 3. The maximum Gasteiger partial charge on any atom is 0.317 e. The van der Waals surface area contributed by atoms with E-state index in [0.717, 1.165) is 31.6 Å². The molecule has 1 aliphatic heterocycles. The molecule has 0 aliphatic carbocycles. The van der Waals surface area contributed by atoms with Crippen molar-refractivity contribution in [1.29, 1.82) is 0 Å². The Bertz CT molecular complexity index is 907. The Balaban J connectivity index is 1.50. The number of carbonyl (C=O) groups excluding carboxylic acids is 2. The van der Waals surface area contributed by atoms with E-state index >= 15 is 0 Å². The van der Waals surface area contributed by atoms with E-state index in [0.29, 0.717) is 30.9 Å². The summed E-state index contributed by atoms with van der Waals surface area (Å²) in [6.45, 7) is 5.62. The molecule has 0 bridgehead atoms. The molecule has 1 heterocycles. The van der Waals surface area contributed by atoms with Crippen LogP contribution < -0.4 is 15.5 Å². The average Bonchev–Trinajstić information content (AvgIpc) is 2.80. The molecule has 2 aromatic rings. The minimum absolute atomic E-state index is 0.00240. The lowest BCUT2D eigenvalue weighted by Crippen LogP contribution is -2.52. The molecule has 0 atom stereocenters. The molecule has 1 fully saturated rings. The summed E-state index contributed by atoms with van der Waals surface area (Å²) in [6.07, 6.45) is 2.04. The van der Waals surface area contributed by atoms with Gasteiger partial charge in [-0.3, -0.25) is 14.9 Å². The van der Waals surface area contributed by atoms with Crippen LogP contribution in [0.5, 0.6) is 0 Å². The standard InChI is InChI=1S/C22H27N5O4/c1-2-3-12-23-22(29)26-15-13-25(14-16-26)19-10-6-18(7-11-19)24-21(28)17-4-8-20(9-5-17)27(30)31/h4-11H,2-3,12-16H2,1H3,(H,23,29)(H,24,28). The quantitative estimate of drug-likeness (QED) is 0.401. The summed E-state index contributed by atoms with van der Waals surface area (Å²) in [5.74, 6) is -0.328. The Labute approximate surface area is 181 Å². The number of hydrogen-bond acceptors (Lipinski definition) is 5. The first kappa shape index (κ1) is 22.1. The number of piperazine rings is 1. The molecule has 0 saturated carbocycles. The van der Waals surface area contributed by atoms with E-state index < -0.39 is 4.92 Å². The van der Waals surface area contributed by atoms with E-state index in [1.807, 2.05) is 29.2 Å². The maximum absolute atomic E-state index is 12.3. The average molecular weight is 425 g/mol. The summed E-state index contributed by atoms with van der Waals surface area (Å²) in [5, 5.41) is 16.5. The van der Waals surface area contributed by atoms with Crippen LogP contribution in [0, 0.1) is 10.1 Å². The van der Waals surface area contributed by atoms with Crippen LogP contribution in [0.3, 0.4) is 0 Å². The zero-order valence-electron chi connectivity index (χ0n) is 17.5. The largest absolute Gasteiger partial charge is 0.368 e. The van der Waals surface area contributed by atoms with Crippen molar-refractivity contribution in [2.45, 2.75) is 19.8 Å². The zero-order chi connectivity index (χ0) is 22.2. The smallest absolute Gasteiger partial charge is 0.317 e. The molecule has 164 valence electrons. The first-order valence-corrected chi connectivity index (χ1v) is 10.4. The van der Waals surface area contributed by atoms with Crippen molar-refractivity contribution in [2.75, 3.05) is 42.9 Å². The first-order chi connectivity index (χ1) is 15.0. The maximum atomic E-state index is 12.3. The van der Waals surface area contributed by atoms with Gasteiger partial charge >= 0.3 is 6.03 Å². The number of hydrogen-bond donors (Lipinski definition) is 2. The summed E-state index contributed by atoms with van der Waals surface area (Å²) in [6, 6.07) is 13.0. The zero-order valence-corrected chi connectivity index (χ0v) is 17.5. The van der Waals surface area contributed by atoms with Gasteiger partial charge in [0.05, 0.1) is 4.92 Å². The molecule has 2 N–H and O–H groups in total. The topological polar surface area (TPSA) is 108 Å². The molecular weight excluding hydrogens is 398 g/mol. The van der Waals surface area contributed by atoms with Gasteiger partial charge in [0.15, 0.2) is 0 Å². The monoisotopic (exact) mass is 425 g/mol. The number of nitrogens with one attached hydrogen (secondary N) is 2. The summed E-state index contributed by atoms with van der Waals surface area (Å²) in [7, 11) is 0. The lowest BCUT2D eigenvalue weighted by atomic mass is 10.2. The molecule has 9 heteroatoms. The number of amides is 3. The molecule has 1 saturated heterocycles. The van der Waals surface area contributed by atoms with Crippen molar-refractivity contribution in [3.63, 3.8) is 0 Å². The number of nitro benzene ring substituents is 1. The van der Waals surface area contributed by atoms with Crippen LogP contribution in [0.2, 0.25) is 0 Å². The van der Waals surface area contributed by atoms with Gasteiger partial charge in [0.2, 0.25) is 0 Å². The minimum atomic E-state index is -0.501. The highest BCUT2D eigenvalue weighted by Gasteiger charge is 2.21. The second-order valence-corrected chi connectivity index (χ2v) is 7.36. The normalized spacial score (nSPS) is 13.6. The van der Waals surface area contributed by atoms with E-state index in [9.17, 15) is 19.7 Å². The Morgan fingerprint density at radius 1 is 1.00 bits per heavy atom. The fourth-order valence-corrected chi connectivity index (χ4v) is 3.35. The van der Waals surface area contributed by atoms with Crippen LogP contribution >= 0.6 is 0 Å². The molecule has 0 aromatic heterocycles. The second kappa shape index (κ2) is 10.4. The summed E-state index contributed by atoms with van der Waals surface area (Å²) < 4.78 is 0. The van der Waals surface area contributed by atoms with Crippen LogP contribution in [-0.2, 0) is 0 Å². The van der Waals surface area contributed by atoms with Gasteiger partial charge < -0.3 is 20.4 Å². The first-order valence-electron chi connectivity index (χ1n) is 10.4. The van der Waals surface area contributed by atoms with Crippen LogP contribution in [-0.4, -0.2) is 54.5 Å². The third-order valence-corrected chi connectivity index (χ3v) is 5.20. The number of anilines is 2. The van der Waals surface area contributed by atoms with Gasteiger partial charge in [-0.1, -0.05) is 13.3 Å². The summed E-state index contributed by atoms with van der Waals surface area (Å²) >= 11 is 0. The number of rotatable bonds is 7. The molecule has 9 nitrogen and oxygen atoms in total. The van der Waals surface area contributed by atoms with E-state index in [1.165, 1.54) is 24.3 Å². The molecule has 3 rings (SSSR count). The Morgan fingerprint density at radius 2 is 1.65 bits per heavy atom. The summed E-state index contributed by atoms with van der Waals surface area (Å²) in [5.41, 5.74) is 1.96. The van der Waals surface area contributed by atoms with Gasteiger partial charge in [0.1, 0.15) is 0 Å². The minimum Gasteiger partial charge on any atom is -0.368 e. The molecule has 1 aliphatic rings. The number of urea groups is 1. The Hall–Kier alpha value is -3.62. The number of benzene rings is 2. The fourth-order valence-electron chi connectivity index (χ4n) is 3.35. The highest BCUT2D eigenvalue weighted by molar-refractivity contribution is 6.04. The van der Waals surface area contributed by atoms with E-state index in [4.69, 9.17) is 0 Å². The van der Waals surface area contributed by atoms with E-state index in [-0.39, 0.29) is 17.6 Å². The van der Waals surface area contributed by atoms with Crippen LogP contribution in [0.15, 0.2) is 48.5 Å². The van der Waals surface area contributed by atoms with Gasteiger partial charge in [-0.25, -0.2) is 4.79 Å². The van der Waals surface area contributed by atoms with Crippen molar-refractivity contribution in [2.24, 2.45) is 0 Å². The molecule has 0 unspecified atom stereocenters. The molecule has 2 aromatic carbocycles. The van der Waals surface area contributed by atoms with E-state index in [1.54, 1.807) is 0 Å². The van der Waals surface area contributed by atoms with Gasteiger partial charge in [-0.15, -0.1) is 0 Å². The molecular formula is C22H27N5O4. The number of non-ortho nitro benzene ring substituents is 1. The van der Waals surface area contributed by atoms with Crippen LogP contribution in [0.4, 0.5) is 21.9 Å². The molecule has 3 amide bonds. The highest BCUT2D eigenvalue weighted by Crippen LogP contribution is 2.20. The SMILES string of the molecule is CCCCNC(=O)N1CCN(c2ccc(NC(=O)c3ccc([N+](=O)[O-])cc3)cc2)CC1.